The van der Waals surface area contributed by atoms with E-state index in [1.165, 1.54) is 27.3 Å². The number of para-hydroxylation sites is 1. The molecule has 0 fully saturated rings. The molecule has 3 nitrogen and oxygen atoms in total. The summed E-state index contributed by atoms with van der Waals surface area (Å²) in [4.78, 5) is 7.39. The van der Waals surface area contributed by atoms with Crippen LogP contribution in [0.5, 0.6) is 0 Å². The summed E-state index contributed by atoms with van der Waals surface area (Å²) in [5.74, 6) is 0.638. The molecule has 0 spiro atoms. The highest BCUT2D eigenvalue weighted by atomic mass is 16.3. The highest BCUT2D eigenvalue weighted by Gasteiger charge is 2.18. The van der Waals surface area contributed by atoms with E-state index in [4.69, 9.17) is 9.40 Å². The summed E-state index contributed by atoms with van der Waals surface area (Å²) in [5, 5.41) is 6.99. The van der Waals surface area contributed by atoms with Crippen molar-refractivity contribution in [1.29, 1.82) is 0 Å². The van der Waals surface area contributed by atoms with Gasteiger partial charge < -0.3 is 9.32 Å². The van der Waals surface area contributed by atoms with Crippen LogP contribution in [-0.4, -0.2) is 4.98 Å². The molecule has 0 unspecified atom stereocenters. The first-order valence-corrected chi connectivity index (χ1v) is 15.6. The van der Waals surface area contributed by atoms with Crippen LogP contribution in [0.15, 0.2) is 174 Å². The smallest absolute Gasteiger partial charge is 0.227 e. The van der Waals surface area contributed by atoms with Crippen LogP contribution in [0.1, 0.15) is 0 Å². The number of hydrogen-bond donors (Lipinski definition) is 0. The van der Waals surface area contributed by atoms with Gasteiger partial charge in [0.15, 0.2) is 5.58 Å². The maximum Gasteiger partial charge on any atom is 0.227 e. The Morgan fingerprint density at radius 1 is 0.435 bits per heavy atom. The lowest BCUT2D eigenvalue weighted by atomic mass is 9.95. The average Bonchev–Trinajstić information content (AvgIpc) is 3.58. The lowest BCUT2D eigenvalue weighted by Gasteiger charge is -2.27. The van der Waals surface area contributed by atoms with Crippen LogP contribution < -0.4 is 4.90 Å². The van der Waals surface area contributed by atoms with Crippen molar-refractivity contribution in [2.24, 2.45) is 0 Å². The van der Waals surface area contributed by atoms with Gasteiger partial charge in [0.25, 0.3) is 0 Å². The Kier molecular flexibility index (Phi) is 6.14. The third-order valence-corrected chi connectivity index (χ3v) is 8.86. The maximum atomic E-state index is 6.27. The molecule has 9 rings (SSSR count). The summed E-state index contributed by atoms with van der Waals surface area (Å²) in [6.45, 7) is 0. The Morgan fingerprint density at radius 3 is 1.85 bits per heavy atom. The Labute approximate surface area is 266 Å². The molecule has 0 radical (unpaired) electrons. The molecule has 0 saturated carbocycles. The second-order valence-electron chi connectivity index (χ2n) is 11.6. The van der Waals surface area contributed by atoms with Gasteiger partial charge in [0.1, 0.15) is 5.52 Å². The molecule has 8 aromatic carbocycles. The van der Waals surface area contributed by atoms with Crippen LogP contribution in [0, 0.1) is 0 Å². The largest absolute Gasteiger partial charge is 0.436 e. The second-order valence-corrected chi connectivity index (χ2v) is 11.6. The number of fused-ring (bicyclic) bond motifs is 7. The molecule has 3 heteroatoms. The van der Waals surface area contributed by atoms with Crippen LogP contribution >= 0.6 is 0 Å². The normalized spacial score (nSPS) is 11.5. The van der Waals surface area contributed by atoms with Crippen LogP contribution in [0.4, 0.5) is 17.1 Å². The van der Waals surface area contributed by atoms with Crippen molar-refractivity contribution in [3.05, 3.63) is 170 Å². The first kappa shape index (κ1) is 26.2. The lowest BCUT2D eigenvalue weighted by molar-refractivity contribution is 0.620. The first-order valence-electron chi connectivity index (χ1n) is 15.6. The van der Waals surface area contributed by atoms with Gasteiger partial charge in [0, 0.05) is 27.7 Å². The molecule has 1 aromatic heterocycles. The number of rotatable bonds is 5. The molecule has 216 valence electrons. The minimum atomic E-state index is 0.638. The van der Waals surface area contributed by atoms with Gasteiger partial charge in [-0.3, -0.25) is 0 Å². The summed E-state index contributed by atoms with van der Waals surface area (Å²) in [5.41, 5.74) is 8.38. The highest BCUT2D eigenvalue weighted by molar-refractivity contribution is 6.24. The lowest BCUT2D eigenvalue weighted by Crippen LogP contribution is -2.10. The van der Waals surface area contributed by atoms with E-state index in [1.807, 2.05) is 36.4 Å². The van der Waals surface area contributed by atoms with Crippen molar-refractivity contribution >= 4 is 60.5 Å². The van der Waals surface area contributed by atoms with E-state index in [0.717, 1.165) is 49.9 Å². The molecule has 0 amide bonds. The molecule has 46 heavy (non-hydrogen) atoms. The van der Waals surface area contributed by atoms with Gasteiger partial charge in [-0.2, -0.15) is 0 Å². The highest BCUT2D eigenvalue weighted by Crippen LogP contribution is 2.43. The Morgan fingerprint density at radius 2 is 1.04 bits per heavy atom. The number of nitrogens with zero attached hydrogens (tertiary/aromatic N) is 2. The van der Waals surface area contributed by atoms with E-state index in [9.17, 15) is 0 Å². The maximum absolute atomic E-state index is 6.27. The van der Waals surface area contributed by atoms with Crippen molar-refractivity contribution in [2.75, 3.05) is 4.90 Å². The standard InChI is InChI=1S/C43H28N2O/c1-4-12-29(13-5-1)32-16-10-19-34(28-32)45(33-17-8-3-9-18-33)39-21-11-20-35-36-24-22-30-23-27-40-42(41(30)38(36)26-25-37(35)39)44-43(46-40)31-14-6-2-7-15-31/h1-28H. The first-order chi connectivity index (χ1) is 22.8. The molecule has 0 bridgehead atoms. The minimum absolute atomic E-state index is 0.638. The molecule has 9 aromatic rings. The zero-order valence-electron chi connectivity index (χ0n) is 25.0. The quantitative estimate of drug-likeness (QED) is 0.187. The van der Waals surface area contributed by atoms with Crippen LogP contribution in [0.3, 0.4) is 0 Å². The van der Waals surface area contributed by atoms with Crippen LogP contribution in [-0.2, 0) is 0 Å². The van der Waals surface area contributed by atoms with Gasteiger partial charge in [-0.05, 0) is 81.2 Å². The molecule has 0 aliphatic rings. The fourth-order valence-electron chi connectivity index (χ4n) is 6.73. The van der Waals surface area contributed by atoms with E-state index in [0.29, 0.717) is 5.89 Å². The van der Waals surface area contributed by atoms with E-state index >= 15 is 0 Å². The van der Waals surface area contributed by atoms with Gasteiger partial charge >= 0.3 is 0 Å². The number of anilines is 3. The van der Waals surface area contributed by atoms with E-state index < -0.39 is 0 Å². The van der Waals surface area contributed by atoms with Crippen molar-refractivity contribution in [2.45, 2.75) is 0 Å². The van der Waals surface area contributed by atoms with Crippen molar-refractivity contribution < 1.29 is 4.42 Å². The Hall–Kier alpha value is -6.19. The van der Waals surface area contributed by atoms with Crippen LogP contribution in [0.2, 0.25) is 0 Å². The molecular formula is C43H28N2O. The van der Waals surface area contributed by atoms with Gasteiger partial charge in [-0.15, -0.1) is 0 Å². The third-order valence-electron chi connectivity index (χ3n) is 8.86. The number of aromatic nitrogens is 1. The van der Waals surface area contributed by atoms with Gasteiger partial charge in [-0.1, -0.05) is 121 Å². The summed E-state index contributed by atoms with van der Waals surface area (Å²) < 4.78 is 6.27. The van der Waals surface area contributed by atoms with Gasteiger partial charge in [0.2, 0.25) is 5.89 Å². The zero-order chi connectivity index (χ0) is 30.5. The van der Waals surface area contributed by atoms with Crippen molar-refractivity contribution in [1.82, 2.24) is 4.98 Å². The number of hydrogen-bond acceptors (Lipinski definition) is 3. The van der Waals surface area contributed by atoms with Gasteiger partial charge in [0.05, 0.1) is 5.69 Å². The Balaban J connectivity index is 1.27. The van der Waals surface area contributed by atoms with E-state index in [1.54, 1.807) is 0 Å². The third kappa shape index (κ3) is 4.33. The SMILES string of the molecule is c1ccc(-c2cccc(N(c3ccccc3)c3cccc4c3ccc3c4ccc4ccc5oc(-c6ccccc6)nc5c43)c2)cc1. The summed E-state index contributed by atoms with van der Waals surface area (Å²) in [7, 11) is 0. The second kappa shape index (κ2) is 10.8. The van der Waals surface area contributed by atoms with E-state index in [2.05, 4.69) is 138 Å². The molecule has 0 aliphatic carbocycles. The zero-order valence-corrected chi connectivity index (χ0v) is 25.0. The molecule has 0 aliphatic heterocycles. The fourth-order valence-corrected chi connectivity index (χ4v) is 6.73. The predicted octanol–water partition coefficient (Wildman–Crippen LogP) is 12.1. The number of oxazole rings is 1. The summed E-state index contributed by atoms with van der Waals surface area (Å²) >= 11 is 0. The summed E-state index contributed by atoms with van der Waals surface area (Å²) in [6.07, 6.45) is 0. The fraction of sp³-hybridized carbons (Fsp3) is 0. The molecule has 0 saturated heterocycles. The van der Waals surface area contributed by atoms with Gasteiger partial charge in [-0.25, -0.2) is 4.98 Å². The molecule has 0 N–H and O–H groups in total. The molecular weight excluding hydrogens is 560 g/mol. The van der Waals surface area contributed by atoms with Crippen molar-refractivity contribution in [3.63, 3.8) is 0 Å². The predicted molar refractivity (Wildman–Crippen MR) is 192 cm³/mol. The number of benzene rings is 8. The summed E-state index contributed by atoms with van der Waals surface area (Å²) in [6, 6.07) is 59.8. The molecule has 1 heterocycles. The molecule has 0 atom stereocenters. The van der Waals surface area contributed by atoms with Crippen molar-refractivity contribution in [3.8, 4) is 22.6 Å². The topological polar surface area (TPSA) is 29.3 Å². The Bertz CT molecular complexity index is 2520. The van der Waals surface area contributed by atoms with Crippen LogP contribution in [0.25, 0.3) is 66.0 Å². The monoisotopic (exact) mass is 588 g/mol. The minimum Gasteiger partial charge on any atom is -0.436 e. The average molecular weight is 589 g/mol. The van der Waals surface area contributed by atoms with E-state index in [-0.39, 0.29) is 0 Å².